The largest absolute Gasteiger partial charge is 0.483 e. The van der Waals surface area contributed by atoms with Gasteiger partial charge in [0.2, 0.25) is 0 Å². The van der Waals surface area contributed by atoms with Gasteiger partial charge >= 0.3 is 11.8 Å². The summed E-state index contributed by atoms with van der Waals surface area (Å²) in [4.78, 5) is 39.5. The summed E-state index contributed by atoms with van der Waals surface area (Å²) in [5.74, 6) is -0.407. The zero-order chi connectivity index (χ0) is 18.7. The Morgan fingerprint density at radius 2 is 1.62 bits per heavy atom. The highest BCUT2D eigenvalue weighted by atomic mass is 16.5. The minimum atomic E-state index is -0.536. The second-order valence-electron chi connectivity index (χ2n) is 6.93. The topological polar surface area (TPSA) is 79.0 Å². The summed E-state index contributed by atoms with van der Waals surface area (Å²) in [6.07, 6.45) is 1.89. The molecule has 0 spiro atoms. The lowest BCUT2D eigenvalue weighted by atomic mass is 10.1. The van der Waals surface area contributed by atoms with Crippen LogP contribution in [-0.2, 0) is 14.4 Å². The van der Waals surface area contributed by atoms with Gasteiger partial charge in [0.05, 0.1) is 0 Å². The van der Waals surface area contributed by atoms with Crippen molar-refractivity contribution in [3.05, 3.63) is 29.3 Å². The van der Waals surface area contributed by atoms with Gasteiger partial charge in [-0.1, -0.05) is 18.2 Å². The van der Waals surface area contributed by atoms with Gasteiger partial charge in [-0.3, -0.25) is 14.4 Å². The molecule has 0 radical (unpaired) electrons. The van der Waals surface area contributed by atoms with Gasteiger partial charge in [-0.05, 0) is 37.8 Å². The van der Waals surface area contributed by atoms with Gasteiger partial charge in [0.1, 0.15) is 5.75 Å². The van der Waals surface area contributed by atoms with E-state index in [4.69, 9.17) is 4.74 Å². The summed E-state index contributed by atoms with van der Waals surface area (Å²) in [5.41, 5.74) is 1.99. The second-order valence-corrected chi connectivity index (χ2v) is 6.93. The lowest BCUT2D eigenvalue weighted by Crippen LogP contribution is -2.54. The molecule has 2 fully saturated rings. The van der Waals surface area contributed by atoms with E-state index in [1.807, 2.05) is 32.0 Å². The molecule has 1 aliphatic carbocycles. The van der Waals surface area contributed by atoms with E-state index in [0.717, 1.165) is 29.7 Å². The summed E-state index contributed by atoms with van der Waals surface area (Å²) >= 11 is 0. The maximum Gasteiger partial charge on any atom is 0.312 e. The third-order valence-electron chi connectivity index (χ3n) is 4.78. The van der Waals surface area contributed by atoms with E-state index >= 15 is 0 Å². The van der Waals surface area contributed by atoms with Crippen LogP contribution in [0.25, 0.3) is 0 Å². The molecule has 1 aromatic rings. The number of benzene rings is 1. The molecular formula is C19H25N3O4. The highest BCUT2D eigenvalue weighted by Crippen LogP contribution is 2.22. The first kappa shape index (κ1) is 18.2. The standard InChI is InChI=1S/C19H25N3O4/c1-13-4-3-5-14(2)17(13)26-12-16(23)21-8-10-22(11-9-21)19(25)18(24)20-15-6-7-15/h3-5,15H,6-12H2,1-2H3,(H,20,24). The van der Waals surface area contributed by atoms with Crippen molar-refractivity contribution in [2.24, 2.45) is 0 Å². The molecule has 1 saturated carbocycles. The molecule has 1 aromatic carbocycles. The average Bonchev–Trinajstić information content (AvgIpc) is 3.44. The predicted octanol–water partition coefficient (Wildman–Crippen LogP) is 0.632. The number of hydrogen-bond donors (Lipinski definition) is 1. The lowest BCUT2D eigenvalue weighted by Gasteiger charge is -2.34. The van der Waals surface area contributed by atoms with Crippen LogP contribution in [0.4, 0.5) is 0 Å². The van der Waals surface area contributed by atoms with Crippen molar-refractivity contribution in [3.63, 3.8) is 0 Å². The Labute approximate surface area is 153 Å². The molecule has 1 aliphatic heterocycles. The Kier molecular flexibility index (Phi) is 5.44. The number of nitrogens with zero attached hydrogens (tertiary/aromatic N) is 2. The highest BCUT2D eigenvalue weighted by Gasteiger charge is 2.31. The number of para-hydroxylation sites is 1. The van der Waals surface area contributed by atoms with Crippen molar-refractivity contribution in [1.82, 2.24) is 15.1 Å². The van der Waals surface area contributed by atoms with Gasteiger partial charge in [-0.15, -0.1) is 0 Å². The van der Waals surface area contributed by atoms with Crippen molar-refractivity contribution >= 4 is 17.7 Å². The summed E-state index contributed by atoms with van der Waals surface area (Å²) in [6, 6.07) is 6.01. The molecule has 0 unspecified atom stereocenters. The summed E-state index contributed by atoms with van der Waals surface area (Å²) in [5, 5.41) is 2.70. The molecule has 1 heterocycles. The van der Waals surface area contributed by atoms with Crippen LogP contribution in [0.3, 0.4) is 0 Å². The Balaban J connectivity index is 1.46. The van der Waals surface area contributed by atoms with E-state index in [2.05, 4.69) is 5.32 Å². The summed E-state index contributed by atoms with van der Waals surface area (Å²) < 4.78 is 5.71. The van der Waals surface area contributed by atoms with Gasteiger partial charge in [-0.2, -0.15) is 0 Å². The molecule has 0 bridgehead atoms. The van der Waals surface area contributed by atoms with Crippen molar-refractivity contribution in [1.29, 1.82) is 0 Å². The van der Waals surface area contributed by atoms with Gasteiger partial charge in [-0.25, -0.2) is 0 Å². The number of carbonyl (C=O) groups is 3. The number of rotatable bonds is 4. The minimum Gasteiger partial charge on any atom is -0.483 e. The summed E-state index contributed by atoms with van der Waals surface area (Å²) in [6.45, 7) is 5.43. The van der Waals surface area contributed by atoms with Crippen molar-refractivity contribution in [3.8, 4) is 5.75 Å². The van der Waals surface area contributed by atoms with Crippen LogP contribution < -0.4 is 10.1 Å². The Morgan fingerprint density at radius 3 is 2.19 bits per heavy atom. The molecule has 3 rings (SSSR count). The van der Waals surface area contributed by atoms with Crippen LogP contribution in [-0.4, -0.2) is 66.3 Å². The quantitative estimate of drug-likeness (QED) is 0.800. The molecule has 0 atom stereocenters. The Morgan fingerprint density at radius 1 is 1.04 bits per heavy atom. The van der Waals surface area contributed by atoms with Crippen LogP contribution in [0, 0.1) is 13.8 Å². The van der Waals surface area contributed by atoms with Crippen LogP contribution >= 0.6 is 0 Å². The normalized spacial score (nSPS) is 17.0. The van der Waals surface area contributed by atoms with Gasteiger partial charge in [0, 0.05) is 32.2 Å². The number of nitrogens with one attached hydrogen (secondary N) is 1. The molecule has 2 aliphatic rings. The first-order valence-electron chi connectivity index (χ1n) is 9.02. The fourth-order valence-electron chi connectivity index (χ4n) is 3.03. The first-order valence-corrected chi connectivity index (χ1v) is 9.02. The predicted molar refractivity (Wildman–Crippen MR) is 95.7 cm³/mol. The van der Waals surface area contributed by atoms with E-state index in [0.29, 0.717) is 26.2 Å². The van der Waals surface area contributed by atoms with E-state index in [1.165, 1.54) is 4.90 Å². The number of amides is 3. The van der Waals surface area contributed by atoms with Gasteiger partial charge in [0.25, 0.3) is 5.91 Å². The zero-order valence-corrected chi connectivity index (χ0v) is 15.3. The highest BCUT2D eigenvalue weighted by molar-refractivity contribution is 6.35. The number of hydrogen-bond acceptors (Lipinski definition) is 4. The van der Waals surface area contributed by atoms with Gasteiger partial charge < -0.3 is 19.9 Å². The number of carbonyl (C=O) groups excluding carboxylic acids is 3. The third kappa shape index (κ3) is 4.33. The van der Waals surface area contributed by atoms with Crippen molar-refractivity contribution in [2.45, 2.75) is 32.7 Å². The molecule has 1 saturated heterocycles. The molecular weight excluding hydrogens is 334 g/mol. The van der Waals surface area contributed by atoms with Crippen LogP contribution in [0.1, 0.15) is 24.0 Å². The molecule has 140 valence electrons. The van der Waals surface area contributed by atoms with E-state index < -0.39 is 11.8 Å². The van der Waals surface area contributed by atoms with E-state index in [9.17, 15) is 14.4 Å². The Hall–Kier alpha value is -2.57. The third-order valence-corrected chi connectivity index (χ3v) is 4.78. The van der Waals surface area contributed by atoms with Crippen LogP contribution in [0.2, 0.25) is 0 Å². The SMILES string of the molecule is Cc1cccc(C)c1OCC(=O)N1CCN(C(=O)C(=O)NC2CC2)CC1. The average molecular weight is 359 g/mol. The fourth-order valence-corrected chi connectivity index (χ4v) is 3.03. The minimum absolute atomic E-state index is 0.0260. The first-order chi connectivity index (χ1) is 12.5. The second kappa shape index (κ2) is 7.76. The molecule has 26 heavy (non-hydrogen) atoms. The number of aryl methyl sites for hydroxylation is 2. The number of piperazine rings is 1. The molecule has 1 N–H and O–H groups in total. The van der Waals surface area contributed by atoms with Crippen molar-refractivity contribution < 1.29 is 19.1 Å². The summed E-state index contributed by atoms with van der Waals surface area (Å²) in [7, 11) is 0. The van der Waals surface area contributed by atoms with Gasteiger partial charge in [0.15, 0.2) is 6.61 Å². The van der Waals surface area contributed by atoms with E-state index in [-0.39, 0.29) is 18.6 Å². The number of ether oxygens (including phenoxy) is 1. The molecule has 0 aromatic heterocycles. The lowest BCUT2D eigenvalue weighted by molar-refractivity contribution is -0.148. The van der Waals surface area contributed by atoms with Crippen LogP contribution in [0.5, 0.6) is 5.75 Å². The van der Waals surface area contributed by atoms with Crippen LogP contribution in [0.15, 0.2) is 18.2 Å². The molecule has 7 heteroatoms. The smallest absolute Gasteiger partial charge is 0.312 e. The maximum atomic E-state index is 12.4. The molecule has 3 amide bonds. The van der Waals surface area contributed by atoms with E-state index in [1.54, 1.807) is 4.90 Å². The monoisotopic (exact) mass is 359 g/mol. The fraction of sp³-hybridized carbons (Fsp3) is 0.526. The zero-order valence-electron chi connectivity index (χ0n) is 15.3. The maximum absolute atomic E-state index is 12.4. The Bertz CT molecular complexity index is 686. The van der Waals surface area contributed by atoms with Crippen molar-refractivity contribution in [2.75, 3.05) is 32.8 Å². The molecule has 7 nitrogen and oxygen atoms in total.